The first kappa shape index (κ1) is 24.3. The van der Waals surface area contributed by atoms with E-state index in [2.05, 4.69) is 15.5 Å². The number of non-ortho nitro benzene ring substituents is 1. The third kappa shape index (κ3) is 5.36. The number of carbonyl (C=O) groups excluding carboxylic acids is 2. The van der Waals surface area contributed by atoms with E-state index < -0.39 is 16.7 Å². The molecule has 9 nitrogen and oxygen atoms in total. The fraction of sp³-hybridized carbons (Fsp3) is 0.227. The minimum atomic E-state index is -0.617. The summed E-state index contributed by atoms with van der Waals surface area (Å²) in [4.78, 5) is 40.2. The SMILES string of the molecule is O=C1NC(=S)N(Cc2ccccc2)C(=O)/C1=C\c1cc([N+](=O)[O-])ccc1N1CC[NH2+]CC1.[Cl-]. The van der Waals surface area contributed by atoms with Crippen LogP contribution in [0.5, 0.6) is 0 Å². The number of quaternary nitrogens is 1. The van der Waals surface area contributed by atoms with E-state index in [1.807, 2.05) is 30.3 Å². The highest BCUT2D eigenvalue weighted by Crippen LogP contribution is 2.29. The number of amides is 2. The average Bonchev–Trinajstić information content (AvgIpc) is 2.80. The molecule has 0 aromatic heterocycles. The number of piperazine rings is 1. The molecule has 2 fully saturated rings. The van der Waals surface area contributed by atoms with Crippen LogP contribution in [0.25, 0.3) is 6.08 Å². The van der Waals surface area contributed by atoms with Crippen LogP contribution in [0.1, 0.15) is 11.1 Å². The lowest BCUT2D eigenvalue weighted by molar-refractivity contribution is -0.655. The van der Waals surface area contributed by atoms with Gasteiger partial charge in [-0.05, 0) is 29.9 Å². The minimum absolute atomic E-state index is 0. The Morgan fingerprint density at radius 1 is 1.12 bits per heavy atom. The second-order valence-electron chi connectivity index (χ2n) is 7.55. The molecular weight excluding hydrogens is 466 g/mol. The highest BCUT2D eigenvalue weighted by molar-refractivity contribution is 7.80. The van der Waals surface area contributed by atoms with Gasteiger partial charge in [-0.2, -0.15) is 0 Å². The Bertz CT molecular complexity index is 1120. The summed E-state index contributed by atoms with van der Waals surface area (Å²) < 4.78 is 0. The van der Waals surface area contributed by atoms with Gasteiger partial charge in [-0.1, -0.05) is 30.3 Å². The van der Waals surface area contributed by atoms with Crippen LogP contribution in [0.2, 0.25) is 0 Å². The standard InChI is InChI=1S/C22H21N5O4S.ClH/c28-20-18(21(29)26(22(32)24-20)14-15-4-2-1-3-5-15)13-16-12-17(27(30)31)6-7-19(16)25-10-8-23-9-11-25;/h1-7,12-13,23H,8-11,14H2,(H,24,28,32);1H/b18-13-;. The molecule has 2 aromatic rings. The highest BCUT2D eigenvalue weighted by Gasteiger charge is 2.34. The Balaban J connectivity index is 0.00000306. The molecule has 2 amide bonds. The molecule has 0 unspecified atom stereocenters. The Morgan fingerprint density at radius 2 is 1.82 bits per heavy atom. The van der Waals surface area contributed by atoms with Gasteiger partial charge in [-0.25, -0.2) is 0 Å². The van der Waals surface area contributed by atoms with Crippen molar-refractivity contribution in [3.05, 3.63) is 75.3 Å². The molecule has 4 rings (SSSR count). The van der Waals surface area contributed by atoms with Crippen molar-refractivity contribution in [2.24, 2.45) is 0 Å². The molecule has 2 aliphatic rings. The van der Waals surface area contributed by atoms with Crippen LogP contribution in [0.3, 0.4) is 0 Å². The predicted molar refractivity (Wildman–Crippen MR) is 123 cm³/mol. The van der Waals surface area contributed by atoms with E-state index in [0.29, 0.717) is 5.56 Å². The van der Waals surface area contributed by atoms with Crippen LogP contribution in [-0.4, -0.2) is 52.9 Å². The molecule has 2 saturated heterocycles. The van der Waals surface area contributed by atoms with Crippen molar-refractivity contribution in [2.45, 2.75) is 6.54 Å². The summed E-state index contributed by atoms with van der Waals surface area (Å²) >= 11 is 5.23. The van der Waals surface area contributed by atoms with E-state index in [4.69, 9.17) is 12.2 Å². The van der Waals surface area contributed by atoms with Crippen LogP contribution in [0.4, 0.5) is 11.4 Å². The molecule has 11 heteroatoms. The number of hydrogen-bond donors (Lipinski definition) is 2. The summed E-state index contributed by atoms with van der Waals surface area (Å²) in [6.45, 7) is 3.52. The molecule has 0 bridgehead atoms. The maximum Gasteiger partial charge on any atom is 0.270 e. The van der Waals surface area contributed by atoms with Gasteiger partial charge in [0.1, 0.15) is 5.57 Å². The van der Waals surface area contributed by atoms with Crippen LogP contribution < -0.4 is 27.9 Å². The zero-order valence-electron chi connectivity index (χ0n) is 17.6. The Morgan fingerprint density at radius 3 is 2.48 bits per heavy atom. The monoisotopic (exact) mass is 487 g/mol. The molecule has 0 aliphatic carbocycles. The van der Waals surface area contributed by atoms with Crippen molar-refractivity contribution in [3.8, 4) is 0 Å². The smallest absolute Gasteiger partial charge is 0.270 e. The Kier molecular flexibility index (Phi) is 7.75. The molecule has 0 radical (unpaired) electrons. The molecule has 2 aromatic carbocycles. The fourth-order valence-electron chi connectivity index (χ4n) is 3.81. The van der Waals surface area contributed by atoms with Crippen molar-refractivity contribution in [2.75, 3.05) is 31.1 Å². The van der Waals surface area contributed by atoms with Gasteiger partial charge >= 0.3 is 0 Å². The Hall–Kier alpha value is -3.34. The number of nitro benzene ring substituents is 1. The zero-order chi connectivity index (χ0) is 22.7. The van der Waals surface area contributed by atoms with E-state index in [1.54, 1.807) is 6.07 Å². The predicted octanol–water partition coefficient (Wildman–Crippen LogP) is -2.19. The highest BCUT2D eigenvalue weighted by atomic mass is 35.5. The van der Waals surface area contributed by atoms with Gasteiger partial charge in [-0.15, -0.1) is 0 Å². The van der Waals surface area contributed by atoms with Gasteiger partial charge in [0.25, 0.3) is 17.5 Å². The van der Waals surface area contributed by atoms with E-state index in [-0.39, 0.29) is 35.3 Å². The number of nitrogens with two attached hydrogens (primary N) is 1. The number of benzene rings is 2. The first-order chi connectivity index (χ1) is 15.4. The number of nitrogens with zero attached hydrogens (tertiary/aromatic N) is 3. The topological polar surface area (TPSA) is 112 Å². The zero-order valence-corrected chi connectivity index (χ0v) is 19.1. The number of hydrogen-bond acceptors (Lipinski definition) is 6. The van der Waals surface area contributed by atoms with Crippen LogP contribution in [-0.2, 0) is 16.1 Å². The average molecular weight is 488 g/mol. The van der Waals surface area contributed by atoms with Gasteiger partial charge in [-0.3, -0.25) is 29.9 Å². The molecule has 2 heterocycles. The van der Waals surface area contributed by atoms with Crippen molar-refractivity contribution < 1.29 is 32.2 Å². The largest absolute Gasteiger partial charge is 1.00 e. The number of nitro groups is 1. The molecule has 33 heavy (non-hydrogen) atoms. The molecule has 2 aliphatic heterocycles. The number of carbonyl (C=O) groups is 2. The lowest BCUT2D eigenvalue weighted by atomic mass is 10.0. The van der Waals surface area contributed by atoms with Crippen LogP contribution in [0.15, 0.2) is 54.1 Å². The molecular formula is C22H22ClN5O4S. The Labute approximate surface area is 202 Å². The molecule has 172 valence electrons. The number of halogens is 1. The molecule has 0 spiro atoms. The van der Waals surface area contributed by atoms with Crippen LogP contribution in [0, 0.1) is 10.1 Å². The third-order valence-electron chi connectivity index (χ3n) is 5.44. The normalized spacial score (nSPS) is 17.6. The summed E-state index contributed by atoms with van der Waals surface area (Å²) in [5.41, 5.74) is 1.84. The second kappa shape index (κ2) is 10.5. The minimum Gasteiger partial charge on any atom is -1.00 e. The summed E-state index contributed by atoms with van der Waals surface area (Å²) in [7, 11) is 0. The first-order valence-electron chi connectivity index (χ1n) is 10.2. The van der Waals surface area contributed by atoms with E-state index in [0.717, 1.165) is 37.4 Å². The van der Waals surface area contributed by atoms with Crippen molar-refractivity contribution in [1.82, 2.24) is 10.2 Å². The lowest BCUT2D eigenvalue weighted by Gasteiger charge is -2.30. The summed E-state index contributed by atoms with van der Waals surface area (Å²) in [5.74, 6) is -1.15. The fourth-order valence-corrected chi connectivity index (χ4v) is 4.05. The van der Waals surface area contributed by atoms with E-state index in [9.17, 15) is 19.7 Å². The van der Waals surface area contributed by atoms with E-state index in [1.165, 1.54) is 23.1 Å². The second-order valence-corrected chi connectivity index (χ2v) is 7.93. The van der Waals surface area contributed by atoms with Gasteiger partial charge in [0.2, 0.25) is 0 Å². The maximum atomic E-state index is 13.2. The van der Waals surface area contributed by atoms with Gasteiger partial charge in [0.05, 0.1) is 37.6 Å². The molecule has 3 N–H and O–H groups in total. The molecule has 0 saturated carbocycles. The quantitative estimate of drug-likeness (QED) is 0.163. The van der Waals surface area contributed by atoms with Crippen molar-refractivity contribution in [1.29, 1.82) is 0 Å². The number of anilines is 1. The first-order valence-corrected chi connectivity index (χ1v) is 10.6. The van der Waals surface area contributed by atoms with Gasteiger partial charge < -0.3 is 22.6 Å². The van der Waals surface area contributed by atoms with Crippen molar-refractivity contribution in [3.63, 3.8) is 0 Å². The maximum absolute atomic E-state index is 13.2. The third-order valence-corrected chi connectivity index (χ3v) is 5.76. The van der Waals surface area contributed by atoms with Gasteiger partial charge in [0.15, 0.2) is 5.11 Å². The number of thiocarbonyl (C=S) groups is 1. The number of rotatable bonds is 5. The summed E-state index contributed by atoms with van der Waals surface area (Å²) in [6, 6.07) is 13.8. The van der Waals surface area contributed by atoms with Crippen LogP contribution >= 0.6 is 12.2 Å². The summed E-state index contributed by atoms with van der Waals surface area (Å²) in [5, 5.41) is 16.1. The number of nitrogens with one attached hydrogen (secondary N) is 1. The van der Waals surface area contributed by atoms with E-state index >= 15 is 0 Å². The lowest BCUT2D eigenvalue weighted by Crippen LogP contribution is -3.00. The van der Waals surface area contributed by atoms with Gasteiger partial charge in [0, 0.05) is 23.4 Å². The summed E-state index contributed by atoms with van der Waals surface area (Å²) in [6.07, 6.45) is 1.43. The molecule has 0 atom stereocenters. The van der Waals surface area contributed by atoms with Crippen molar-refractivity contribution >= 4 is 46.6 Å².